The van der Waals surface area contributed by atoms with Gasteiger partial charge in [-0.25, -0.2) is 0 Å². The van der Waals surface area contributed by atoms with Crippen LogP contribution in [0.25, 0.3) is 0 Å². The maximum atomic E-state index is 10.6. The molecule has 0 unspecified atom stereocenters. The smallest absolute Gasteiger partial charge is 0.118 e. The second-order valence-corrected chi connectivity index (χ2v) is 9.57. The fourth-order valence-corrected chi connectivity index (χ4v) is 5.45. The zero-order chi connectivity index (χ0) is 21.0. The Morgan fingerprint density at radius 2 is 2.03 bits per heavy atom. The molecule has 2 aliphatic carbocycles. The Morgan fingerprint density at radius 1 is 1.31 bits per heavy atom. The molecule has 1 aromatic carbocycles. The highest BCUT2D eigenvalue weighted by molar-refractivity contribution is 5.27. The van der Waals surface area contributed by atoms with Crippen LogP contribution in [0, 0.1) is 17.3 Å². The summed E-state index contributed by atoms with van der Waals surface area (Å²) in [6.45, 7) is 11.3. The maximum absolute atomic E-state index is 10.6. The summed E-state index contributed by atoms with van der Waals surface area (Å²) in [5.41, 5.74) is 3.84. The van der Waals surface area contributed by atoms with E-state index in [0.29, 0.717) is 24.9 Å². The first-order valence-corrected chi connectivity index (χ1v) is 11.1. The Bertz CT molecular complexity index is 720. The molecule has 1 saturated carbocycles. The van der Waals surface area contributed by atoms with Crippen LogP contribution in [0.3, 0.4) is 0 Å². The molecule has 1 N–H and O–H groups in total. The summed E-state index contributed by atoms with van der Waals surface area (Å²) in [6.07, 6.45) is 8.53. The highest BCUT2D eigenvalue weighted by Crippen LogP contribution is 2.52. The Morgan fingerprint density at radius 3 is 2.69 bits per heavy atom. The van der Waals surface area contributed by atoms with Crippen LogP contribution in [0.15, 0.2) is 48.1 Å². The van der Waals surface area contributed by atoms with Crippen LogP contribution < -0.4 is 4.74 Å². The number of aliphatic hydroxyl groups is 1. The van der Waals surface area contributed by atoms with E-state index in [1.807, 2.05) is 19.1 Å². The third-order valence-corrected chi connectivity index (χ3v) is 6.88. The molecule has 1 fully saturated rings. The third-order valence-electron chi connectivity index (χ3n) is 6.88. The molecule has 5 atom stereocenters. The van der Waals surface area contributed by atoms with E-state index in [1.54, 1.807) is 7.11 Å². The van der Waals surface area contributed by atoms with E-state index in [9.17, 15) is 5.11 Å². The lowest BCUT2D eigenvalue weighted by molar-refractivity contribution is -0.0451. The first-order valence-electron chi connectivity index (χ1n) is 11.1. The third kappa shape index (κ3) is 5.32. The lowest BCUT2D eigenvalue weighted by atomic mass is 9.59. The van der Waals surface area contributed by atoms with Gasteiger partial charge in [-0.05, 0) is 68.1 Å². The summed E-state index contributed by atoms with van der Waals surface area (Å²) in [5, 5.41) is 10.6. The molecule has 0 saturated heterocycles. The Balaban J connectivity index is 1.70. The van der Waals surface area contributed by atoms with Gasteiger partial charge >= 0.3 is 0 Å². The number of fused-ring (bicyclic) bond motifs is 1. The van der Waals surface area contributed by atoms with Crippen LogP contribution in [0.1, 0.15) is 64.9 Å². The van der Waals surface area contributed by atoms with Crippen LogP contribution in [0.2, 0.25) is 0 Å². The first-order chi connectivity index (χ1) is 13.8. The quantitative estimate of drug-likeness (QED) is 0.540. The average Bonchev–Trinajstić information content (AvgIpc) is 2.67. The summed E-state index contributed by atoms with van der Waals surface area (Å²) in [5.74, 6) is 1.86. The van der Waals surface area contributed by atoms with E-state index >= 15 is 0 Å². The molecule has 0 heterocycles. The van der Waals surface area contributed by atoms with Crippen LogP contribution in [-0.2, 0) is 11.3 Å². The molecule has 3 nitrogen and oxygen atoms in total. The highest BCUT2D eigenvalue weighted by Gasteiger charge is 2.44. The number of hydrogen-bond donors (Lipinski definition) is 1. The van der Waals surface area contributed by atoms with E-state index in [-0.39, 0.29) is 17.6 Å². The summed E-state index contributed by atoms with van der Waals surface area (Å²) in [7, 11) is 1.69. The standard InChI is InChI=1S/C26H38O3/c1-18(2)15-21(27)16-26(4)14-6-7-23-24(26)13-8-19(3)25(23)29-17-20-9-11-22(28-5)12-10-20/h9-13,19,21,23,25,27H,1,6-8,14-17H2,2-5H3/t19-,21-,23-,25-,26+/m1/s1. The lowest BCUT2D eigenvalue weighted by Gasteiger charge is -2.48. The topological polar surface area (TPSA) is 38.7 Å². The number of rotatable bonds is 8. The van der Waals surface area contributed by atoms with Gasteiger partial charge in [-0.15, -0.1) is 6.58 Å². The van der Waals surface area contributed by atoms with Crippen molar-refractivity contribution < 1.29 is 14.6 Å². The second kappa shape index (κ2) is 9.49. The molecule has 1 aromatic rings. The van der Waals surface area contributed by atoms with Gasteiger partial charge < -0.3 is 14.6 Å². The SMILES string of the molecule is C=C(C)C[C@@H](O)C[C@]1(C)CCC[C@@H]2C1=CC[C@@H](C)[C@H]2OCc1ccc(OC)cc1. The van der Waals surface area contributed by atoms with Gasteiger partial charge in [-0.1, -0.05) is 49.6 Å². The van der Waals surface area contributed by atoms with Gasteiger partial charge in [0.25, 0.3) is 0 Å². The average molecular weight is 399 g/mol. The van der Waals surface area contributed by atoms with Crippen LogP contribution in [0.5, 0.6) is 5.75 Å². The van der Waals surface area contributed by atoms with E-state index < -0.39 is 0 Å². The fraction of sp³-hybridized carbons (Fsp3) is 0.615. The Hall–Kier alpha value is -1.58. The highest BCUT2D eigenvalue weighted by atomic mass is 16.5. The van der Waals surface area contributed by atoms with Crippen molar-refractivity contribution in [3.63, 3.8) is 0 Å². The van der Waals surface area contributed by atoms with E-state index in [1.165, 1.54) is 24.0 Å². The predicted octanol–water partition coefficient (Wildman–Crippen LogP) is 6.07. The summed E-state index contributed by atoms with van der Waals surface area (Å²) < 4.78 is 11.8. The summed E-state index contributed by atoms with van der Waals surface area (Å²) >= 11 is 0. The molecular formula is C26H38O3. The van der Waals surface area contributed by atoms with Crippen molar-refractivity contribution in [2.45, 2.75) is 78.1 Å². The van der Waals surface area contributed by atoms with Gasteiger partial charge in [0, 0.05) is 5.92 Å². The zero-order valence-electron chi connectivity index (χ0n) is 18.6. The van der Waals surface area contributed by atoms with Crippen molar-refractivity contribution in [3.05, 3.63) is 53.6 Å². The van der Waals surface area contributed by atoms with Gasteiger partial charge in [0.05, 0.1) is 25.9 Å². The van der Waals surface area contributed by atoms with E-state index in [2.05, 4.69) is 38.6 Å². The van der Waals surface area contributed by atoms with E-state index in [0.717, 1.165) is 30.6 Å². The van der Waals surface area contributed by atoms with Crippen LogP contribution in [0.4, 0.5) is 0 Å². The molecule has 2 aliphatic rings. The first kappa shape index (κ1) is 22.1. The molecule has 0 spiro atoms. The molecule has 0 bridgehead atoms. The fourth-order valence-electron chi connectivity index (χ4n) is 5.45. The molecule has 0 radical (unpaired) electrons. The summed E-state index contributed by atoms with van der Waals surface area (Å²) in [4.78, 5) is 0. The molecule has 0 amide bonds. The largest absolute Gasteiger partial charge is 0.497 e. The number of allylic oxidation sites excluding steroid dienone is 1. The van der Waals surface area contributed by atoms with Gasteiger partial charge in [0.2, 0.25) is 0 Å². The normalized spacial score (nSPS) is 30.2. The number of benzene rings is 1. The van der Waals surface area contributed by atoms with Crippen LogP contribution >= 0.6 is 0 Å². The molecule has 29 heavy (non-hydrogen) atoms. The van der Waals surface area contributed by atoms with E-state index in [4.69, 9.17) is 9.47 Å². The molecular weight excluding hydrogens is 360 g/mol. The number of hydrogen-bond acceptors (Lipinski definition) is 3. The van der Waals surface area contributed by atoms with Gasteiger partial charge in [-0.3, -0.25) is 0 Å². The van der Waals surface area contributed by atoms with Crippen molar-refractivity contribution >= 4 is 0 Å². The summed E-state index contributed by atoms with van der Waals surface area (Å²) in [6, 6.07) is 8.16. The molecule has 160 valence electrons. The zero-order valence-corrected chi connectivity index (χ0v) is 18.6. The van der Waals surface area contributed by atoms with Crippen LogP contribution in [-0.4, -0.2) is 24.4 Å². The van der Waals surface area contributed by atoms with Crippen molar-refractivity contribution in [1.29, 1.82) is 0 Å². The van der Waals surface area contributed by atoms with Gasteiger partial charge in [-0.2, -0.15) is 0 Å². The number of methoxy groups -OCH3 is 1. The number of aliphatic hydroxyl groups excluding tert-OH is 1. The maximum Gasteiger partial charge on any atom is 0.118 e. The lowest BCUT2D eigenvalue weighted by Crippen LogP contribution is -2.43. The number of ether oxygens (including phenoxy) is 2. The monoisotopic (exact) mass is 398 g/mol. The molecule has 3 heteroatoms. The minimum atomic E-state index is -0.310. The van der Waals surface area contributed by atoms with Gasteiger partial charge in [0.1, 0.15) is 5.75 Å². The van der Waals surface area contributed by atoms with Gasteiger partial charge in [0.15, 0.2) is 0 Å². The minimum Gasteiger partial charge on any atom is -0.497 e. The van der Waals surface area contributed by atoms with Crippen molar-refractivity contribution in [3.8, 4) is 5.75 Å². The van der Waals surface area contributed by atoms with Crippen molar-refractivity contribution in [2.75, 3.05) is 7.11 Å². The Kier molecular flexibility index (Phi) is 7.23. The minimum absolute atomic E-state index is 0.0691. The molecule has 0 aliphatic heterocycles. The predicted molar refractivity (Wildman–Crippen MR) is 119 cm³/mol. The Labute approximate surface area is 176 Å². The van der Waals surface area contributed by atoms with Crippen molar-refractivity contribution in [2.24, 2.45) is 17.3 Å². The van der Waals surface area contributed by atoms with Crippen molar-refractivity contribution in [1.82, 2.24) is 0 Å². The molecule has 0 aromatic heterocycles. The molecule has 3 rings (SSSR count). The second-order valence-electron chi connectivity index (χ2n) is 9.57.